The van der Waals surface area contributed by atoms with E-state index < -0.39 is 45.3 Å². The van der Waals surface area contributed by atoms with E-state index in [0.29, 0.717) is 0 Å². The van der Waals surface area contributed by atoms with Gasteiger partial charge in [0.1, 0.15) is 0 Å². The van der Waals surface area contributed by atoms with Crippen LogP contribution in [0.25, 0.3) is 0 Å². The molecule has 0 atom stereocenters. The summed E-state index contributed by atoms with van der Waals surface area (Å²) in [5, 5.41) is -4.23. The Labute approximate surface area is 107 Å². The molecule has 0 aromatic rings. The van der Waals surface area contributed by atoms with E-state index in [1.165, 1.54) is 0 Å². The highest BCUT2D eigenvalue weighted by molar-refractivity contribution is 7.72. The van der Waals surface area contributed by atoms with E-state index in [4.69, 9.17) is 0 Å². The Kier molecular flexibility index (Phi) is 4.67. The Morgan fingerprint density at radius 1 is 0.619 bits per heavy atom. The van der Waals surface area contributed by atoms with E-state index in [-0.39, 0.29) is 0 Å². The molecule has 0 unspecified atom stereocenters. The van der Waals surface area contributed by atoms with Crippen molar-refractivity contribution < 1.29 is 61.1 Å². The van der Waals surface area contributed by atoms with Crippen LogP contribution in [-0.4, -0.2) is 43.4 Å². The van der Waals surface area contributed by atoms with Gasteiger partial charge in [-0.15, -0.1) is 0 Å². The minimum atomic E-state index is -7.85. The summed E-state index contributed by atoms with van der Waals surface area (Å²) < 4.78 is 166. The van der Waals surface area contributed by atoms with E-state index in [0.717, 1.165) is 0 Å². The largest absolute Gasteiger partial charge is 0.460 e. The standard InChI is InChI=1S/C6F12O2S/c7-1(21(19)20)2(8,9)3(10,11)4(12,13)5(14,15)6(16,17)18. The summed E-state index contributed by atoms with van der Waals surface area (Å²) in [6.07, 6.45) is -7.40. The average Bonchev–Trinajstić information content (AvgIpc) is 2.25. The minimum absolute atomic E-state index is 4.23. The van der Waals surface area contributed by atoms with Gasteiger partial charge in [-0.1, -0.05) is 0 Å². The van der Waals surface area contributed by atoms with Gasteiger partial charge in [-0.3, -0.25) is 0 Å². The molecule has 0 aliphatic carbocycles. The fourth-order valence-corrected chi connectivity index (χ4v) is 1.14. The summed E-state index contributed by atoms with van der Waals surface area (Å²) in [6.45, 7) is 0. The number of halogens is 12. The predicted molar refractivity (Wildman–Crippen MR) is 40.9 cm³/mol. The molecule has 21 heavy (non-hydrogen) atoms. The molecule has 15 heteroatoms. The molecule has 0 aliphatic heterocycles. The van der Waals surface area contributed by atoms with Crippen LogP contribution in [0.5, 0.6) is 0 Å². The van der Waals surface area contributed by atoms with Gasteiger partial charge in [0.25, 0.3) is 15.4 Å². The van der Waals surface area contributed by atoms with Gasteiger partial charge in [-0.25, -0.2) is 0 Å². The third-order valence-corrected chi connectivity index (χ3v) is 2.48. The van der Waals surface area contributed by atoms with Crippen molar-refractivity contribution >= 4 is 15.4 Å². The summed E-state index contributed by atoms with van der Waals surface area (Å²) in [6, 6.07) is 0. The Hall–Kier alpha value is -1.15. The lowest BCUT2D eigenvalue weighted by Crippen LogP contribution is -2.67. The maximum Gasteiger partial charge on any atom is 0.460 e. The smallest absolute Gasteiger partial charge is 0.192 e. The lowest BCUT2D eigenvalue weighted by Gasteiger charge is -2.35. The van der Waals surface area contributed by atoms with Crippen molar-refractivity contribution in [2.45, 2.75) is 29.9 Å². The van der Waals surface area contributed by atoms with Crippen LogP contribution in [0.1, 0.15) is 0 Å². The van der Waals surface area contributed by atoms with Crippen LogP contribution in [0.4, 0.5) is 52.7 Å². The zero-order chi connectivity index (χ0) is 17.7. The molecule has 0 bridgehead atoms. The first kappa shape index (κ1) is 19.8. The number of hydrogen-bond donors (Lipinski definition) is 0. The molecule has 0 N–H and O–H groups in total. The second kappa shape index (κ2) is 4.95. The topological polar surface area (TPSA) is 34.1 Å². The summed E-state index contributed by atoms with van der Waals surface area (Å²) in [4.78, 5) is 0. The molecule has 0 amide bonds. The first-order chi connectivity index (χ1) is 8.85. The fourth-order valence-electron chi connectivity index (χ4n) is 0.800. The zero-order valence-corrected chi connectivity index (χ0v) is 9.58. The highest BCUT2D eigenvalue weighted by atomic mass is 32.2. The van der Waals surface area contributed by atoms with Crippen LogP contribution in [0, 0.1) is 0 Å². The van der Waals surface area contributed by atoms with Gasteiger partial charge in [0, 0.05) is 0 Å². The second-order valence-corrected chi connectivity index (χ2v) is 4.13. The van der Waals surface area contributed by atoms with Crippen molar-refractivity contribution in [2.75, 3.05) is 0 Å². The molecule has 0 aromatic heterocycles. The molecule has 0 spiro atoms. The molecular weight excluding hydrogens is 364 g/mol. The van der Waals surface area contributed by atoms with Crippen molar-refractivity contribution in [3.63, 3.8) is 0 Å². The lowest BCUT2D eigenvalue weighted by atomic mass is 9.99. The first-order valence-corrected chi connectivity index (χ1v) is 5.13. The third-order valence-electron chi connectivity index (χ3n) is 1.93. The molecule has 0 aromatic carbocycles. The van der Waals surface area contributed by atoms with Crippen molar-refractivity contribution in [1.29, 1.82) is 0 Å². The summed E-state index contributed by atoms with van der Waals surface area (Å²) in [7, 11) is -4.90. The molecular formula is C6F12O2S. The van der Waals surface area contributed by atoms with Gasteiger partial charge in [-0.2, -0.15) is 61.1 Å². The maximum atomic E-state index is 12.6. The second-order valence-electron chi connectivity index (χ2n) is 3.30. The van der Waals surface area contributed by atoms with E-state index >= 15 is 0 Å². The molecule has 0 rings (SSSR count). The Bertz CT molecular complexity index is 533. The number of alkyl halides is 11. The molecule has 0 fully saturated rings. The molecule has 0 radical (unpaired) electrons. The summed E-state index contributed by atoms with van der Waals surface area (Å²) >= 11 is 0. The quantitative estimate of drug-likeness (QED) is 0.437. The van der Waals surface area contributed by atoms with E-state index in [1.807, 2.05) is 0 Å². The van der Waals surface area contributed by atoms with Gasteiger partial charge in [-0.05, 0) is 0 Å². The Morgan fingerprint density at radius 3 is 1.19 bits per heavy atom. The normalized spacial score (nSPS) is 15.0. The van der Waals surface area contributed by atoms with Crippen LogP contribution in [0.2, 0.25) is 0 Å². The summed E-state index contributed by atoms with van der Waals surface area (Å²) in [5.74, 6) is -30.4. The molecule has 0 aliphatic rings. The Balaban J connectivity index is 6.33. The van der Waals surface area contributed by atoms with Gasteiger partial charge < -0.3 is 0 Å². The van der Waals surface area contributed by atoms with Crippen molar-refractivity contribution in [3.05, 3.63) is 0 Å². The van der Waals surface area contributed by atoms with Gasteiger partial charge in [0.05, 0.1) is 0 Å². The van der Waals surface area contributed by atoms with E-state index in [1.54, 1.807) is 0 Å². The van der Waals surface area contributed by atoms with E-state index in [2.05, 4.69) is 0 Å². The summed E-state index contributed by atoms with van der Waals surface area (Å²) in [5.41, 5.74) is 0. The molecule has 0 saturated heterocycles. The SMILES string of the molecule is O=S(=O)=C(F)C(F)(F)C(F)(F)C(F)(F)C(F)(F)C(F)(F)F. The highest BCUT2D eigenvalue weighted by Gasteiger charge is 2.88. The molecule has 126 valence electrons. The van der Waals surface area contributed by atoms with Crippen LogP contribution in [0.15, 0.2) is 0 Å². The van der Waals surface area contributed by atoms with Crippen molar-refractivity contribution in [1.82, 2.24) is 0 Å². The molecule has 0 saturated carbocycles. The molecule has 0 heterocycles. The first-order valence-electron chi connectivity index (χ1n) is 4.06. The minimum Gasteiger partial charge on any atom is -0.192 e. The van der Waals surface area contributed by atoms with Gasteiger partial charge >= 0.3 is 29.9 Å². The monoisotopic (exact) mass is 364 g/mol. The Morgan fingerprint density at radius 2 is 0.952 bits per heavy atom. The lowest BCUT2D eigenvalue weighted by molar-refractivity contribution is -0.415. The zero-order valence-electron chi connectivity index (χ0n) is 8.76. The van der Waals surface area contributed by atoms with E-state index in [9.17, 15) is 61.1 Å². The van der Waals surface area contributed by atoms with Crippen molar-refractivity contribution in [3.8, 4) is 0 Å². The average molecular weight is 364 g/mol. The predicted octanol–water partition coefficient (Wildman–Crippen LogP) is 3.07. The van der Waals surface area contributed by atoms with Crippen LogP contribution in [0.3, 0.4) is 0 Å². The fraction of sp³-hybridized carbons (Fsp3) is 0.833. The maximum absolute atomic E-state index is 12.6. The van der Waals surface area contributed by atoms with Gasteiger partial charge in [0.15, 0.2) is 0 Å². The van der Waals surface area contributed by atoms with Crippen LogP contribution < -0.4 is 0 Å². The van der Waals surface area contributed by atoms with Crippen molar-refractivity contribution in [2.24, 2.45) is 0 Å². The van der Waals surface area contributed by atoms with Gasteiger partial charge in [0.2, 0.25) is 0 Å². The van der Waals surface area contributed by atoms with Crippen LogP contribution >= 0.6 is 0 Å². The van der Waals surface area contributed by atoms with Crippen LogP contribution in [-0.2, 0) is 10.3 Å². The third kappa shape index (κ3) is 2.66. The number of hydrogen-bond acceptors (Lipinski definition) is 2. The molecule has 2 nitrogen and oxygen atoms in total. The number of rotatable bonds is 4. The highest BCUT2D eigenvalue weighted by Crippen LogP contribution is 2.57.